The maximum atomic E-state index is 13.3. The van der Waals surface area contributed by atoms with Crippen LogP contribution in [0, 0.1) is 12.3 Å². The number of aryl methyl sites for hydroxylation is 2. The van der Waals surface area contributed by atoms with E-state index in [1.165, 1.54) is 10.5 Å². The van der Waals surface area contributed by atoms with Crippen LogP contribution in [0.15, 0.2) is 59.5 Å². The second kappa shape index (κ2) is 9.79. The SMILES string of the molecule is COCCCn1c(=N)c(C(=O)NCCc2ccccc2)cc2c(=O)n3cccc(C)c3nc21. The van der Waals surface area contributed by atoms with Gasteiger partial charge in [-0.2, -0.15) is 0 Å². The van der Waals surface area contributed by atoms with Crippen LogP contribution in [-0.4, -0.2) is 40.1 Å². The molecule has 8 heteroatoms. The van der Waals surface area contributed by atoms with Crippen LogP contribution in [0.2, 0.25) is 0 Å². The predicted octanol–water partition coefficient (Wildman–Crippen LogP) is 2.45. The minimum Gasteiger partial charge on any atom is -0.385 e. The van der Waals surface area contributed by atoms with Gasteiger partial charge in [0.05, 0.1) is 10.9 Å². The molecule has 0 unspecified atom stereocenters. The Kier molecular flexibility index (Phi) is 6.65. The molecule has 0 bridgehead atoms. The van der Waals surface area contributed by atoms with Crippen LogP contribution < -0.4 is 16.4 Å². The van der Waals surface area contributed by atoms with E-state index >= 15 is 0 Å². The molecular formula is C25H27N5O3. The molecule has 4 rings (SSSR count). The molecule has 1 amide bonds. The van der Waals surface area contributed by atoms with E-state index in [1.54, 1.807) is 23.9 Å². The fourth-order valence-corrected chi connectivity index (χ4v) is 3.91. The minimum atomic E-state index is -0.382. The predicted molar refractivity (Wildman–Crippen MR) is 127 cm³/mol. The molecule has 170 valence electrons. The second-order valence-electron chi connectivity index (χ2n) is 7.94. The van der Waals surface area contributed by atoms with Crippen molar-refractivity contribution in [2.45, 2.75) is 26.3 Å². The van der Waals surface area contributed by atoms with E-state index in [2.05, 4.69) is 5.32 Å². The summed E-state index contributed by atoms with van der Waals surface area (Å²) < 4.78 is 8.28. The molecule has 0 fully saturated rings. The zero-order valence-electron chi connectivity index (χ0n) is 18.8. The summed E-state index contributed by atoms with van der Waals surface area (Å²) >= 11 is 0. The van der Waals surface area contributed by atoms with Crippen LogP contribution in [0.3, 0.4) is 0 Å². The van der Waals surface area contributed by atoms with E-state index in [0.717, 1.165) is 11.1 Å². The summed E-state index contributed by atoms with van der Waals surface area (Å²) in [6.45, 7) is 3.22. The average molecular weight is 446 g/mol. The smallest absolute Gasteiger partial charge is 0.267 e. The van der Waals surface area contributed by atoms with Crippen molar-refractivity contribution in [2.24, 2.45) is 0 Å². The van der Waals surface area contributed by atoms with Gasteiger partial charge >= 0.3 is 0 Å². The Balaban J connectivity index is 1.77. The number of rotatable bonds is 8. The van der Waals surface area contributed by atoms with Gasteiger partial charge in [0.25, 0.3) is 11.5 Å². The highest BCUT2D eigenvalue weighted by atomic mass is 16.5. The number of methoxy groups -OCH3 is 1. The van der Waals surface area contributed by atoms with Gasteiger partial charge in [-0.1, -0.05) is 36.4 Å². The normalized spacial score (nSPS) is 11.2. The summed E-state index contributed by atoms with van der Waals surface area (Å²) in [6.07, 6.45) is 2.96. The lowest BCUT2D eigenvalue weighted by Gasteiger charge is -2.15. The van der Waals surface area contributed by atoms with Crippen molar-refractivity contribution in [3.8, 4) is 0 Å². The van der Waals surface area contributed by atoms with E-state index in [0.29, 0.717) is 49.2 Å². The molecule has 0 saturated heterocycles. The van der Waals surface area contributed by atoms with Gasteiger partial charge in [-0.15, -0.1) is 0 Å². The lowest BCUT2D eigenvalue weighted by atomic mass is 10.1. The van der Waals surface area contributed by atoms with Crippen molar-refractivity contribution in [3.05, 3.63) is 87.3 Å². The van der Waals surface area contributed by atoms with Gasteiger partial charge in [0.15, 0.2) is 0 Å². The molecule has 0 saturated carbocycles. The molecule has 8 nitrogen and oxygen atoms in total. The van der Waals surface area contributed by atoms with E-state index < -0.39 is 0 Å². The largest absolute Gasteiger partial charge is 0.385 e. The van der Waals surface area contributed by atoms with Crippen LogP contribution in [0.1, 0.15) is 27.9 Å². The van der Waals surface area contributed by atoms with Crippen LogP contribution >= 0.6 is 0 Å². The van der Waals surface area contributed by atoms with E-state index in [-0.39, 0.29) is 22.5 Å². The summed E-state index contributed by atoms with van der Waals surface area (Å²) in [5, 5.41) is 11.9. The third-order valence-corrected chi connectivity index (χ3v) is 5.65. The number of carbonyl (C=O) groups excluding carboxylic acids is 1. The molecular weight excluding hydrogens is 418 g/mol. The molecule has 1 aromatic carbocycles. The summed E-state index contributed by atoms with van der Waals surface area (Å²) in [6, 6.07) is 15.0. The monoisotopic (exact) mass is 445 g/mol. The first-order chi connectivity index (χ1) is 16.0. The quantitative estimate of drug-likeness (QED) is 0.321. The van der Waals surface area contributed by atoms with Gasteiger partial charge in [0.1, 0.15) is 16.8 Å². The number of hydrogen-bond acceptors (Lipinski definition) is 5. The van der Waals surface area contributed by atoms with Crippen LogP contribution in [0.4, 0.5) is 0 Å². The Morgan fingerprint density at radius 3 is 2.70 bits per heavy atom. The van der Waals surface area contributed by atoms with Crippen molar-refractivity contribution >= 4 is 22.6 Å². The number of amides is 1. The van der Waals surface area contributed by atoms with Crippen molar-refractivity contribution in [2.75, 3.05) is 20.3 Å². The fourth-order valence-electron chi connectivity index (χ4n) is 3.91. The second-order valence-corrected chi connectivity index (χ2v) is 7.94. The fraction of sp³-hybridized carbons (Fsp3) is 0.280. The van der Waals surface area contributed by atoms with Gasteiger partial charge in [-0.05, 0) is 43.0 Å². The molecule has 0 aliphatic rings. The summed E-state index contributed by atoms with van der Waals surface area (Å²) in [4.78, 5) is 31.0. The first-order valence-corrected chi connectivity index (χ1v) is 10.9. The highest BCUT2D eigenvalue weighted by molar-refractivity contribution is 5.96. The number of aromatic nitrogens is 3. The molecule has 0 aliphatic heterocycles. The minimum absolute atomic E-state index is 0.0284. The number of ether oxygens (including phenoxy) is 1. The molecule has 2 N–H and O–H groups in total. The van der Waals surface area contributed by atoms with Crippen molar-refractivity contribution in [3.63, 3.8) is 0 Å². The Bertz CT molecular complexity index is 1420. The topological polar surface area (TPSA) is 101 Å². The Hall–Kier alpha value is -3.78. The maximum absolute atomic E-state index is 13.3. The number of fused-ring (bicyclic) bond motifs is 2. The summed E-state index contributed by atoms with van der Waals surface area (Å²) in [5.41, 5.74) is 2.82. The van der Waals surface area contributed by atoms with Crippen molar-refractivity contribution < 1.29 is 9.53 Å². The number of nitrogens with one attached hydrogen (secondary N) is 2. The Labute approximate surface area is 191 Å². The molecule has 0 radical (unpaired) electrons. The molecule has 3 heterocycles. The summed E-state index contributed by atoms with van der Waals surface area (Å²) in [7, 11) is 1.61. The Morgan fingerprint density at radius 1 is 1.15 bits per heavy atom. The molecule has 0 aliphatic carbocycles. The molecule has 4 aromatic rings. The van der Waals surface area contributed by atoms with Crippen molar-refractivity contribution in [1.29, 1.82) is 5.41 Å². The molecule has 33 heavy (non-hydrogen) atoms. The number of pyridine rings is 2. The first-order valence-electron chi connectivity index (χ1n) is 10.9. The van der Waals surface area contributed by atoms with E-state index in [9.17, 15) is 9.59 Å². The van der Waals surface area contributed by atoms with Gasteiger partial charge in [-0.3, -0.25) is 19.4 Å². The van der Waals surface area contributed by atoms with Crippen LogP contribution in [0.5, 0.6) is 0 Å². The average Bonchev–Trinajstić information content (AvgIpc) is 2.82. The van der Waals surface area contributed by atoms with E-state index in [1.807, 2.05) is 43.3 Å². The lowest BCUT2D eigenvalue weighted by Crippen LogP contribution is -2.36. The van der Waals surface area contributed by atoms with Gasteiger partial charge in [-0.25, -0.2) is 4.98 Å². The number of nitrogens with zero attached hydrogens (tertiary/aromatic N) is 3. The highest BCUT2D eigenvalue weighted by Gasteiger charge is 2.17. The Morgan fingerprint density at radius 2 is 1.94 bits per heavy atom. The third-order valence-electron chi connectivity index (χ3n) is 5.65. The molecule has 0 spiro atoms. The highest BCUT2D eigenvalue weighted by Crippen LogP contribution is 2.13. The molecule has 0 atom stereocenters. The number of carbonyl (C=O) groups is 1. The van der Waals surface area contributed by atoms with Gasteiger partial charge in [0.2, 0.25) is 0 Å². The molecule has 3 aromatic heterocycles. The third kappa shape index (κ3) is 4.56. The zero-order chi connectivity index (χ0) is 23.4. The van der Waals surface area contributed by atoms with Gasteiger partial charge in [0, 0.05) is 33.0 Å². The van der Waals surface area contributed by atoms with Crippen molar-refractivity contribution in [1.82, 2.24) is 19.3 Å². The van der Waals surface area contributed by atoms with Crippen LogP contribution in [-0.2, 0) is 17.7 Å². The lowest BCUT2D eigenvalue weighted by molar-refractivity contribution is 0.0951. The zero-order valence-corrected chi connectivity index (χ0v) is 18.8. The standard InChI is InChI=1S/C25H27N5O3/c1-17-8-6-13-30-22(17)28-23-20(25(30)32)16-19(21(26)29(23)14-7-15-33-2)24(31)27-12-11-18-9-4-3-5-10-18/h3-6,8-10,13,16,26H,7,11-12,14-15H2,1-2H3,(H,27,31). The number of benzene rings is 1. The van der Waals surface area contributed by atoms with Gasteiger partial charge < -0.3 is 14.6 Å². The maximum Gasteiger partial charge on any atom is 0.267 e. The first kappa shape index (κ1) is 22.4. The number of hydrogen-bond donors (Lipinski definition) is 2. The van der Waals surface area contributed by atoms with Crippen LogP contribution in [0.25, 0.3) is 16.7 Å². The summed E-state index contributed by atoms with van der Waals surface area (Å²) in [5.74, 6) is -0.382. The van der Waals surface area contributed by atoms with E-state index in [4.69, 9.17) is 15.1 Å².